The molecule has 13 heavy (non-hydrogen) atoms. The van der Waals surface area contributed by atoms with E-state index in [0.717, 1.165) is 7.11 Å². The lowest BCUT2D eigenvalue weighted by molar-refractivity contribution is -0.159. The zero-order chi connectivity index (χ0) is 11.0. The van der Waals surface area contributed by atoms with Crippen molar-refractivity contribution in [3.8, 4) is 0 Å². The molecule has 0 aromatic carbocycles. The van der Waals surface area contributed by atoms with Gasteiger partial charge in [0.15, 0.2) is 6.10 Å². The van der Waals surface area contributed by atoms with Crippen LogP contribution in [0.25, 0.3) is 0 Å². The molecule has 0 amide bonds. The van der Waals surface area contributed by atoms with Crippen LogP contribution in [0.5, 0.6) is 0 Å². The van der Waals surface area contributed by atoms with Gasteiger partial charge in [0, 0.05) is 12.7 Å². The Labute approximate surface area is 76.6 Å². The Hall–Kier alpha value is -1.36. The number of aliphatic hydroxyl groups is 1. The van der Waals surface area contributed by atoms with Gasteiger partial charge < -0.3 is 14.9 Å². The van der Waals surface area contributed by atoms with Gasteiger partial charge in [0.2, 0.25) is 0 Å². The van der Waals surface area contributed by atoms with Gasteiger partial charge >= 0.3 is 11.9 Å². The van der Waals surface area contributed by atoms with E-state index in [-0.39, 0.29) is 5.57 Å². The Bertz CT molecular complexity index is 197. The average molecular weight is 190 g/mol. The lowest BCUT2D eigenvalue weighted by atomic mass is 10.3. The third-order valence-electron chi connectivity index (χ3n) is 0.980. The van der Waals surface area contributed by atoms with Crippen LogP contribution in [0.2, 0.25) is 0 Å². The summed E-state index contributed by atoms with van der Waals surface area (Å²) < 4.78 is 4.44. The van der Waals surface area contributed by atoms with E-state index in [2.05, 4.69) is 11.3 Å². The molecule has 0 fully saturated rings. The SMILES string of the molecule is C=C(C)C(=O)OC(C)C(=O)O.CO. The predicted octanol–water partition coefficient (Wildman–Crippen LogP) is 0.187. The van der Waals surface area contributed by atoms with Crippen molar-refractivity contribution in [2.24, 2.45) is 0 Å². The Morgan fingerprint density at radius 1 is 1.38 bits per heavy atom. The molecule has 0 aliphatic rings. The van der Waals surface area contributed by atoms with Crippen LogP contribution in [0.15, 0.2) is 12.2 Å². The maximum absolute atomic E-state index is 10.7. The molecule has 0 aliphatic carbocycles. The van der Waals surface area contributed by atoms with Gasteiger partial charge in [-0.05, 0) is 13.8 Å². The van der Waals surface area contributed by atoms with Crippen LogP contribution in [-0.4, -0.2) is 35.4 Å². The van der Waals surface area contributed by atoms with Crippen LogP contribution < -0.4 is 0 Å². The highest BCUT2D eigenvalue weighted by Crippen LogP contribution is 1.97. The third-order valence-corrected chi connectivity index (χ3v) is 0.980. The molecule has 0 aromatic rings. The first-order chi connectivity index (χ1) is 5.95. The number of carbonyl (C=O) groups excluding carboxylic acids is 1. The minimum Gasteiger partial charge on any atom is -0.479 e. The smallest absolute Gasteiger partial charge is 0.344 e. The fraction of sp³-hybridized carbons (Fsp3) is 0.500. The van der Waals surface area contributed by atoms with Crippen molar-refractivity contribution in [3.63, 3.8) is 0 Å². The molecule has 0 saturated heterocycles. The quantitative estimate of drug-likeness (QED) is 0.490. The second-order valence-electron chi connectivity index (χ2n) is 2.17. The van der Waals surface area contributed by atoms with Crippen molar-refractivity contribution in [2.45, 2.75) is 20.0 Å². The lowest BCUT2D eigenvalue weighted by Crippen LogP contribution is -2.23. The minimum atomic E-state index is -1.17. The number of ether oxygens (including phenoxy) is 1. The van der Waals surface area contributed by atoms with Crippen LogP contribution in [0, 0.1) is 0 Å². The maximum atomic E-state index is 10.7. The molecule has 0 aromatic heterocycles. The van der Waals surface area contributed by atoms with Crippen LogP contribution >= 0.6 is 0 Å². The normalized spacial score (nSPS) is 10.5. The Morgan fingerprint density at radius 3 is 2.00 bits per heavy atom. The van der Waals surface area contributed by atoms with Crippen molar-refractivity contribution in [3.05, 3.63) is 12.2 Å². The Morgan fingerprint density at radius 2 is 1.77 bits per heavy atom. The number of aliphatic carboxylic acids is 1. The zero-order valence-electron chi connectivity index (χ0n) is 7.90. The van der Waals surface area contributed by atoms with Crippen molar-refractivity contribution in [1.82, 2.24) is 0 Å². The highest BCUT2D eigenvalue weighted by Gasteiger charge is 2.15. The number of rotatable bonds is 3. The van der Waals surface area contributed by atoms with Crippen LogP contribution in [-0.2, 0) is 14.3 Å². The van der Waals surface area contributed by atoms with Gasteiger partial charge in [0.25, 0.3) is 0 Å². The zero-order valence-corrected chi connectivity index (χ0v) is 7.90. The summed E-state index contributed by atoms with van der Waals surface area (Å²) >= 11 is 0. The first kappa shape index (κ1) is 14.2. The van der Waals surface area contributed by atoms with Crippen molar-refractivity contribution < 1.29 is 24.5 Å². The topological polar surface area (TPSA) is 83.8 Å². The Balaban J connectivity index is 0. The molecule has 0 bridgehead atoms. The second kappa shape index (κ2) is 7.30. The lowest BCUT2D eigenvalue weighted by Gasteiger charge is -2.07. The van der Waals surface area contributed by atoms with Gasteiger partial charge in [0.1, 0.15) is 0 Å². The molecule has 0 aliphatic heterocycles. The number of esters is 1. The summed E-state index contributed by atoms with van der Waals surface area (Å²) in [6, 6.07) is 0. The molecular weight excluding hydrogens is 176 g/mol. The summed E-state index contributed by atoms with van der Waals surface area (Å²) in [5, 5.41) is 15.3. The van der Waals surface area contributed by atoms with Gasteiger partial charge in [-0.2, -0.15) is 0 Å². The van der Waals surface area contributed by atoms with Crippen LogP contribution in [0.1, 0.15) is 13.8 Å². The number of carbonyl (C=O) groups is 2. The van der Waals surface area contributed by atoms with Crippen molar-refractivity contribution >= 4 is 11.9 Å². The van der Waals surface area contributed by atoms with Gasteiger partial charge in [0.05, 0.1) is 0 Å². The third kappa shape index (κ3) is 7.02. The van der Waals surface area contributed by atoms with Crippen molar-refractivity contribution in [2.75, 3.05) is 7.11 Å². The average Bonchev–Trinajstić information content (AvgIpc) is 2.07. The number of carboxylic acid groups (broad SMARTS) is 1. The molecule has 0 heterocycles. The summed E-state index contributed by atoms with van der Waals surface area (Å²) in [4.78, 5) is 20.8. The minimum absolute atomic E-state index is 0.193. The second-order valence-corrected chi connectivity index (χ2v) is 2.17. The molecule has 5 nitrogen and oxygen atoms in total. The molecule has 0 radical (unpaired) electrons. The van der Waals surface area contributed by atoms with Gasteiger partial charge in [-0.1, -0.05) is 6.58 Å². The standard InChI is InChI=1S/C7H10O4.CH4O/c1-4(2)7(10)11-5(3)6(8)9;1-2/h5H,1H2,2-3H3,(H,8,9);2H,1H3. The fourth-order valence-electron chi connectivity index (χ4n) is 0.312. The molecule has 1 atom stereocenters. The van der Waals surface area contributed by atoms with E-state index in [4.69, 9.17) is 10.2 Å². The number of hydrogen-bond acceptors (Lipinski definition) is 4. The molecular formula is C8H14O5. The summed E-state index contributed by atoms with van der Waals surface area (Å²) in [7, 11) is 1.00. The molecule has 76 valence electrons. The van der Waals surface area contributed by atoms with E-state index < -0.39 is 18.0 Å². The molecule has 5 heteroatoms. The van der Waals surface area contributed by atoms with E-state index in [9.17, 15) is 9.59 Å². The highest BCUT2D eigenvalue weighted by atomic mass is 16.6. The molecule has 1 unspecified atom stereocenters. The van der Waals surface area contributed by atoms with E-state index in [1.54, 1.807) is 0 Å². The Kier molecular flexibility index (Phi) is 7.96. The number of hydrogen-bond donors (Lipinski definition) is 2. The summed E-state index contributed by atoms with van der Waals surface area (Å²) in [6.07, 6.45) is -1.11. The first-order valence-electron chi connectivity index (χ1n) is 3.49. The molecule has 0 rings (SSSR count). The monoisotopic (exact) mass is 190 g/mol. The first-order valence-corrected chi connectivity index (χ1v) is 3.49. The van der Waals surface area contributed by atoms with E-state index in [1.807, 2.05) is 0 Å². The fourth-order valence-corrected chi connectivity index (χ4v) is 0.312. The molecule has 2 N–H and O–H groups in total. The molecule has 0 spiro atoms. The van der Waals surface area contributed by atoms with Crippen LogP contribution in [0.3, 0.4) is 0 Å². The summed E-state index contributed by atoms with van der Waals surface area (Å²) in [5.41, 5.74) is 0.193. The summed E-state index contributed by atoms with van der Waals surface area (Å²) in [6.45, 7) is 6.04. The maximum Gasteiger partial charge on any atom is 0.344 e. The largest absolute Gasteiger partial charge is 0.479 e. The van der Waals surface area contributed by atoms with E-state index in [1.165, 1.54) is 13.8 Å². The van der Waals surface area contributed by atoms with Gasteiger partial charge in [-0.25, -0.2) is 9.59 Å². The summed E-state index contributed by atoms with van der Waals surface area (Å²) in [5.74, 6) is -1.85. The molecule has 0 saturated carbocycles. The van der Waals surface area contributed by atoms with Gasteiger partial charge in [-0.15, -0.1) is 0 Å². The highest BCUT2D eigenvalue weighted by molar-refractivity contribution is 5.89. The van der Waals surface area contributed by atoms with Crippen molar-refractivity contribution in [1.29, 1.82) is 0 Å². The van der Waals surface area contributed by atoms with E-state index in [0.29, 0.717) is 0 Å². The van der Waals surface area contributed by atoms with Gasteiger partial charge in [-0.3, -0.25) is 0 Å². The number of carboxylic acids is 1. The predicted molar refractivity (Wildman–Crippen MR) is 46.1 cm³/mol. The number of aliphatic hydroxyl groups excluding tert-OH is 1. The van der Waals surface area contributed by atoms with Crippen LogP contribution in [0.4, 0.5) is 0 Å². The van der Waals surface area contributed by atoms with E-state index >= 15 is 0 Å².